The molecule has 2 rings (SSSR count). The average Bonchev–Trinajstić information content (AvgIpc) is 2.68. The lowest BCUT2D eigenvalue weighted by Crippen LogP contribution is -2.37. The Kier molecular flexibility index (Phi) is 8.63. The number of aryl methyl sites for hydroxylation is 2. The molecule has 2 aromatic rings. The average molecular weight is 420 g/mol. The molecule has 7 nitrogen and oxygen atoms in total. The van der Waals surface area contributed by atoms with Gasteiger partial charge in [-0.15, -0.1) is 0 Å². The van der Waals surface area contributed by atoms with Crippen LogP contribution in [0.4, 0.5) is 5.69 Å². The number of nitrogens with zero attached hydrogens (tertiary/aromatic N) is 1. The van der Waals surface area contributed by atoms with Gasteiger partial charge in [0, 0.05) is 18.9 Å². The number of benzene rings is 2. The van der Waals surface area contributed by atoms with Gasteiger partial charge in [0.25, 0.3) is 10.0 Å². The molecular weight excluding hydrogens is 390 g/mol. The molecule has 8 heteroatoms. The van der Waals surface area contributed by atoms with Crippen molar-refractivity contribution >= 4 is 21.7 Å². The molecule has 0 aliphatic heterocycles. The topological polar surface area (TPSA) is 89.0 Å². The van der Waals surface area contributed by atoms with Crippen LogP contribution >= 0.6 is 0 Å². The monoisotopic (exact) mass is 419 g/mol. The second-order valence-corrected chi connectivity index (χ2v) is 8.12. The van der Waals surface area contributed by atoms with Crippen molar-refractivity contribution in [1.29, 1.82) is 0 Å². The van der Waals surface area contributed by atoms with Crippen LogP contribution in [0.25, 0.3) is 0 Å². The molecule has 0 atom stereocenters. The van der Waals surface area contributed by atoms with Crippen LogP contribution < -0.4 is 10.0 Å². The number of sulfonamides is 1. The largest absolute Gasteiger partial charge is 0.351 e. The quantitative estimate of drug-likeness (QED) is 0.369. The smallest absolute Gasteiger partial charge is 0.264 e. The molecule has 2 aromatic carbocycles. The number of hydrogen-bond donors (Lipinski definition) is 2. The number of hydrogen-bond acceptors (Lipinski definition) is 5. The van der Waals surface area contributed by atoms with Gasteiger partial charge in [0.15, 0.2) is 6.29 Å². The predicted molar refractivity (Wildman–Crippen MR) is 116 cm³/mol. The summed E-state index contributed by atoms with van der Waals surface area (Å²) < 4.78 is 39.1. The summed E-state index contributed by atoms with van der Waals surface area (Å²) in [6, 6.07) is 14.2. The standard InChI is InChI=1S/C21H29N3O4S/c1-5-27-20(28-6-2)15-22-21(23-18-11-7-16(3)8-12-18)24-29(25,26)19-13-9-17(4)10-14-19/h7-14,20H,5-6,15H2,1-4H3,(H2,22,23,24). The van der Waals surface area contributed by atoms with E-state index in [4.69, 9.17) is 9.47 Å². The van der Waals surface area contributed by atoms with E-state index in [1.54, 1.807) is 24.3 Å². The first kappa shape index (κ1) is 22.9. The van der Waals surface area contributed by atoms with Crippen LogP contribution in [-0.2, 0) is 19.5 Å². The van der Waals surface area contributed by atoms with Crippen molar-refractivity contribution in [2.75, 3.05) is 25.1 Å². The Morgan fingerprint density at radius 2 is 1.45 bits per heavy atom. The maximum Gasteiger partial charge on any atom is 0.264 e. The van der Waals surface area contributed by atoms with Gasteiger partial charge in [-0.3, -0.25) is 0 Å². The van der Waals surface area contributed by atoms with Crippen molar-refractivity contribution in [3.8, 4) is 0 Å². The fraction of sp³-hybridized carbons (Fsp3) is 0.381. The Morgan fingerprint density at radius 3 is 1.97 bits per heavy atom. The minimum absolute atomic E-state index is 0.0961. The first-order valence-electron chi connectivity index (χ1n) is 9.55. The van der Waals surface area contributed by atoms with Gasteiger partial charge in [-0.1, -0.05) is 35.4 Å². The van der Waals surface area contributed by atoms with Crippen LogP contribution in [0.1, 0.15) is 25.0 Å². The second-order valence-electron chi connectivity index (χ2n) is 6.44. The molecule has 0 aliphatic carbocycles. The molecule has 0 amide bonds. The summed E-state index contributed by atoms with van der Waals surface area (Å²) in [5, 5.41) is 3.03. The van der Waals surface area contributed by atoms with Gasteiger partial charge >= 0.3 is 0 Å². The van der Waals surface area contributed by atoms with Gasteiger partial charge < -0.3 is 14.8 Å². The summed E-state index contributed by atoms with van der Waals surface area (Å²) in [7, 11) is -3.80. The Labute approximate surface area is 173 Å². The van der Waals surface area contributed by atoms with Crippen LogP contribution in [0.2, 0.25) is 0 Å². The molecule has 0 fully saturated rings. The summed E-state index contributed by atoms with van der Waals surface area (Å²) >= 11 is 0. The van der Waals surface area contributed by atoms with Crippen molar-refractivity contribution in [3.63, 3.8) is 0 Å². The van der Waals surface area contributed by atoms with Gasteiger partial charge in [0.2, 0.25) is 5.96 Å². The highest BCUT2D eigenvalue weighted by atomic mass is 32.2. The molecule has 0 aliphatic rings. The molecule has 0 radical (unpaired) electrons. The zero-order valence-electron chi connectivity index (χ0n) is 17.3. The van der Waals surface area contributed by atoms with E-state index in [0.29, 0.717) is 18.9 Å². The fourth-order valence-corrected chi connectivity index (χ4v) is 3.45. The number of rotatable bonds is 9. The van der Waals surface area contributed by atoms with Gasteiger partial charge in [-0.2, -0.15) is 0 Å². The van der Waals surface area contributed by atoms with Crippen LogP contribution in [0.3, 0.4) is 0 Å². The van der Waals surface area contributed by atoms with E-state index in [-0.39, 0.29) is 17.4 Å². The van der Waals surface area contributed by atoms with E-state index >= 15 is 0 Å². The molecule has 158 valence electrons. The minimum Gasteiger partial charge on any atom is -0.351 e. The third kappa shape index (κ3) is 7.49. The molecule has 0 bridgehead atoms. The van der Waals surface area contributed by atoms with Crippen LogP contribution in [0.5, 0.6) is 0 Å². The normalized spacial score (nSPS) is 12.2. The molecule has 29 heavy (non-hydrogen) atoms. The third-order valence-electron chi connectivity index (χ3n) is 3.98. The third-order valence-corrected chi connectivity index (χ3v) is 5.34. The minimum atomic E-state index is -3.80. The fourth-order valence-electron chi connectivity index (χ4n) is 2.47. The second kappa shape index (κ2) is 10.9. The SMILES string of the molecule is CCOC(CN=C(Nc1ccc(C)cc1)NS(=O)(=O)c1ccc(C)cc1)OCC. The van der Waals surface area contributed by atoms with E-state index < -0.39 is 16.3 Å². The Hall–Kier alpha value is -2.42. The summed E-state index contributed by atoms with van der Waals surface area (Å²) in [6.07, 6.45) is -0.552. The molecule has 2 N–H and O–H groups in total. The van der Waals surface area contributed by atoms with E-state index in [2.05, 4.69) is 15.0 Å². The number of anilines is 1. The van der Waals surface area contributed by atoms with Crippen molar-refractivity contribution in [3.05, 3.63) is 59.7 Å². The molecule has 0 saturated heterocycles. The summed E-state index contributed by atoms with van der Waals surface area (Å²) in [6.45, 7) is 8.69. The lowest BCUT2D eigenvalue weighted by molar-refractivity contribution is -0.128. The van der Waals surface area contributed by atoms with Gasteiger partial charge in [-0.25, -0.2) is 18.1 Å². The van der Waals surface area contributed by atoms with Crippen molar-refractivity contribution < 1.29 is 17.9 Å². The summed E-state index contributed by atoms with van der Waals surface area (Å²) in [4.78, 5) is 4.53. The number of guanidine groups is 1. The Balaban J connectivity index is 2.25. The molecule has 0 heterocycles. The highest BCUT2D eigenvalue weighted by Crippen LogP contribution is 2.12. The molecule has 0 unspecified atom stereocenters. The first-order chi connectivity index (χ1) is 13.8. The maximum absolute atomic E-state index is 12.8. The number of nitrogens with one attached hydrogen (secondary N) is 2. The van der Waals surface area contributed by atoms with Gasteiger partial charge in [0.05, 0.1) is 11.4 Å². The molecule has 0 aromatic heterocycles. The zero-order chi connectivity index (χ0) is 21.3. The van der Waals surface area contributed by atoms with E-state index in [0.717, 1.165) is 11.1 Å². The summed E-state index contributed by atoms with van der Waals surface area (Å²) in [5.41, 5.74) is 2.79. The highest BCUT2D eigenvalue weighted by Gasteiger charge is 2.17. The van der Waals surface area contributed by atoms with Gasteiger partial charge in [0.1, 0.15) is 0 Å². The first-order valence-corrected chi connectivity index (χ1v) is 11.0. The Morgan fingerprint density at radius 1 is 0.931 bits per heavy atom. The van der Waals surface area contributed by atoms with Crippen molar-refractivity contribution in [1.82, 2.24) is 4.72 Å². The van der Waals surface area contributed by atoms with E-state index in [9.17, 15) is 8.42 Å². The van der Waals surface area contributed by atoms with E-state index in [1.165, 1.54) is 0 Å². The number of ether oxygens (including phenoxy) is 2. The van der Waals surface area contributed by atoms with Crippen LogP contribution in [0.15, 0.2) is 58.4 Å². The van der Waals surface area contributed by atoms with Gasteiger partial charge in [-0.05, 0) is 52.0 Å². The molecule has 0 spiro atoms. The maximum atomic E-state index is 12.8. The highest BCUT2D eigenvalue weighted by molar-refractivity contribution is 7.90. The van der Waals surface area contributed by atoms with Crippen LogP contribution in [-0.4, -0.2) is 40.4 Å². The van der Waals surface area contributed by atoms with Crippen molar-refractivity contribution in [2.45, 2.75) is 38.9 Å². The summed E-state index contributed by atoms with van der Waals surface area (Å²) in [5.74, 6) is 0.0961. The van der Waals surface area contributed by atoms with E-state index in [1.807, 2.05) is 52.0 Å². The number of aliphatic imine (C=N–C) groups is 1. The zero-order valence-corrected chi connectivity index (χ0v) is 18.1. The lowest BCUT2D eigenvalue weighted by Gasteiger charge is -2.17. The lowest BCUT2D eigenvalue weighted by atomic mass is 10.2. The predicted octanol–water partition coefficient (Wildman–Crippen LogP) is 3.45. The molecule has 0 saturated carbocycles. The molecular formula is C21H29N3O4S. The Bertz CT molecular complexity index is 889. The van der Waals surface area contributed by atoms with Crippen molar-refractivity contribution in [2.24, 2.45) is 4.99 Å². The van der Waals surface area contributed by atoms with Crippen LogP contribution in [0, 0.1) is 13.8 Å².